The number of aryl methyl sites for hydroxylation is 1. The Labute approximate surface area is 155 Å². The molecule has 0 aliphatic heterocycles. The van der Waals surface area contributed by atoms with Crippen LogP contribution in [0.4, 0.5) is 17.1 Å². The molecule has 0 bridgehead atoms. The Morgan fingerprint density at radius 1 is 1.00 bits per heavy atom. The van der Waals surface area contributed by atoms with Crippen LogP contribution in [0.3, 0.4) is 0 Å². The number of halogens is 2. The number of amides is 1. The number of hydrogen-bond donors (Lipinski definition) is 2. The summed E-state index contributed by atoms with van der Waals surface area (Å²) < 4.78 is 0. The molecule has 0 saturated heterocycles. The molecule has 2 aromatic carbocycles. The van der Waals surface area contributed by atoms with E-state index in [0.29, 0.717) is 21.3 Å². The van der Waals surface area contributed by atoms with Gasteiger partial charge in [0.2, 0.25) is 0 Å². The van der Waals surface area contributed by atoms with Crippen LogP contribution in [-0.4, -0.2) is 10.9 Å². The van der Waals surface area contributed by atoms with E-state index >= 15 is 0 Å². The fourth-order valence-electron chi connectivity index (χ4n) is 2.31. The number of carbonyl (C=O) groups is 1. The SMILES string of the molecule is Cc1cccc(Nc2cncc(C(=O)Nc3cc(Cl)ccc3Cl)c2)c1. The average Bonchev–Trinajstić information content (AvgIpc) is 2.58. The van der Waals surface area contributed by atoms with Crippen LogP contribution in [0.15, 0.2) is 60.9 Å². The van der Waals surface area contributed by atoms with Crippen LogP contribution in [0.25, 0.3) is 0 Å². The zero-order valence-electron chi connectivity index (χ0n) is 13.4. The summed E-state index contributed by atoms with van der Waals surface area (Å²) in [4.78, 5) is 16.6. The van der Waals surface area contributed by atoms with Crippen LogP contribution >= 0.6 is 23.2 Å². The van der Waals surface area contributed by atoms with E-state index < -0.39 is 0 Å². The Balaban J connectivity index is 1.78. The van der Waals surface area contributed by atoms with Gasteiger partial charge < -0.3 is 10.6 Å². The van der Waals surface area contributed by atoms with Gasteiger partial charge >= 0.3 is 0 Å². The van der Waals surface area contributed by atoms with Crippen molar-refractivity contribution in [3.63, 3.8) is 0 Å². The van der Waals surface area contributed by atoms with E-state index in [-0.39, 0.29) is 5.91 Å². The minimum atomic E-state index is -0.315. The van der Waals surface area contributed by atoms with Crippen LogP contribution in [0.2, 0.25) is 10.0 Å². The summed E-state index contributed by atoms with van der Waals surface area (Å²) in [5, 5.41) is 6.89. The smallest absolute Gasteiger partial charge is 0.257 e. The third-order valence-corrected chi connectivity index (χ3v) is 4.05. The van der Waals surface area contributed by atoms with E-state index in [9.17, 15) is 4.79 Å². The van der Waals surface area contributed by atoms with Crippen molar-refractivity contribution in [1.82, 2.24) is 4.98 Å². The monoisotopic (exact) mass is 371 g/mol. The highest BCUT2D eigenvalue weighted by atomic mass is 35.5. The van der Waals surface area contributed by atoms with E-state index in [1.807, 2.05) is 31.2 Å². The molecule has 0 aliphatic rings. The van der Waals surface area contributed by atoms with Crippen molar-refractivity contribution in [2.24, 2.45) is 0 Å². The molecule has 3 rings (SSSR count). The lowest BCUT2D eigenvalue weighted by molar-refractivity contribution is 0.102. The number of nitrogens with zero attached hydrogens (tertiary/aromatic N) is 1. The Kier molecular flexibility index (Phi) is 5.22. The van der Waals surface area contributed by atoms with E-state index in [1.54, 1.807) is 30.5 Å². The van der Waals surface area contributed by atoms with Crippen molar-refractivity contribution < 1.29 is 4.79 Å². The van der Waals surface area contributed by atoms with Crippen molar-refractivity contribution in [2.45, 2.75) is 6.92 Å². The molecule has 0 radical (unpaired) electrons. The van der Waals surface area contributed by atoms with Crippen molar-refractivity contribution in [3.8, 4) is 0 Å². The molecule has 2 N–H and O–H groups in total. The lowest BCUT2D eigenvalue weighted by Crippen LogP contribution is -2.12. The second-order valence-corrected chi connectivity index (χ2v) is 6.38. The van der Waals surface area contributed by atoms with Crippen LogP contribution in [0, 0.1) is 6.92 Å². The molecule has 126 valence electrons. The standard InChI is InChI=1S/C19H15Cl2N3O/c1-12-3-2-4-15(7-12)23-16-8-13(10-22-11-16)19(25)24-18-9-14(20)5-6-17(18)21/h2-11,23H,1H3,(H,24,25). The number of aromatic nitrogens is 1. The molecule has 1 aromatic heterocycles. The Morgan fingerprint density at radius 3 is 2.64 bits per heavy atom. The first-order chi connectivity index (χ1) is 12.0. The van der Waals surface area contributed by atoms with Gasteiger partial charge in [-0.1, -0.05) is 35.3 Å². The number of pyridine rings is 1. The first kappa shape index (κ1) is 17.3. The minimum Gasteiger partial charge on any atom is -0.354 e. The molecule has 0 atom stereocenters. The van der Waals surface area contributed by atoms with E-state index in [0.717, 1.165) is 16.9 Å². The van der Waals surface area contributed by atoms with Crippen molar-refractivity contribution >= 4 is 46.2 Å². The van der Waals surface area contributed by atoms with Crippen LogP contribution in [0.1, 0.15) is 15.9 Å². The molecule has 1 heterocycles. The summed E-state index contributed by atoms with van der Waals surface area (Å²) in [6.07, 6.45) is 3.15. The molecule has 0 saturated carbocycles. The molecule has 25 heavy (non-hydrogen) atoms. The summed E-state index contributed by atoms with van der Waals surface area (Å²) in [5.74, 6) is -0.315. The van der Waals surface area contributed by atoms with Crippen LogP contribution in [0.5, 0.6) is 0 Å². The predicted octanol–water partition coefficient (Wildman–Crippen LogP) is 5.69. The fourth-order valence-corrected chi connectivity index (χ4v) is 2.65. The molecule has 0 fully saturated rings. The van der Waals surface area contributed by atoms with E-state index in [1.165, 1.54) is 6.20 Å². The number of hydrogen-bond acceptors (Lipinski definition) is 3. The topological polar surface area (TPSA) is 54.0 Å². The molecule has 0 spiro atoms. The zero-order chi connectivity index (χ0) is 17.8. The molecule has 0 unspecified atom stereocenters. The first-order valence-electron chi connectivity index (χ1n) is 7.56. The summed E-state index contributed by atoms with van der Waals surface area (Å²) in [7, 11) is 0. The van der Waals surface area contributed by atoms with Gasteiger partial charge in [0.1, 0.15) is 0 Å². The molecular formula is C19H15Cl2N3O. The van der Waals surface area contributed by atoms with E-state index in [2.05, 4.69) is 15.6 Å². The highest BCUT2D eigenvalue weighted by Crippen LogP contribution is 2.26. The number of carbonyl (C=O) groups excluding carboxylic acids is 1. The minimum absolute atomic E-state index is 0.315. The molecule has 0 aliphatic carbocycles. The first-order valence-corrected chi connectivity index (χ1v) is 8.32. The summed E-state index contributed by atoms with van der Waals surface area (Å²) in [6, 6.07) is 14.6. The lowest BCUT2D eigenvalue weighted by atomic mass is 10.2. The normalized spacial score (nSPS) is 10.4. The summed E-state index contributed by atoms with van der Waals surface area (Å²) >= 11 is 12.0. The van der Waals surface area contributed by atoms with Crippen molar-refractivity contribution in [3.05, 3.63) is 82.1 Å². The third-order valence-electron chi connectivity index (χ3n) is 3.48. The molecule has 3 aromatic rings. The van der Waals surface area contributed by atoms with Gasteiger partial charge in [-0.05, 0) is 48.9 Å². The van der Waals surface area contributed by atoms with Crippen LogP contribution in [-0.2, 0) is 0 Å². The maximum atomic E-state index is 12.5. The Bertz CT molecular complexity index is 928. The average molecular weight is 372 g/mol. The summed E-state index contributed by atoms with van der Waals surface area (Å²) in [6.45, 7) is 2.02. The van der Waals surface area contributed by atoms with Gasteiger partial charge in [0, 0.05) is 16.9 Å². The Hall–Kier alpha value is -2.56. The second kappa shape index (κ2) is 7.55. The zero-order valence-corrected chi connectivity index (χ0v) is 14.9. The fraction of sp³-hybridized carbons (Fsp3) is 0.0526. The molecule has 6 heteroatoms. The van der Waals surface area contributed by atoms with E-state index in [4.69, 9.17) is 23.2 Å². The Morgan fingerprint density at radius 2 is 1.84 bits per heavy atom. The predicted molar refractivity (Wildman–Crippen MR) is 103 cm³/mol. The van der Waals surface area contributed by atoms with Gasteiger partial charge in [-0.25, -0.2) is 0 Å². The van der Waals surface area contributed by atoms with Gasteiger partial charge in [-0.3, -0.25) is 9.78 Å². The molecule has 1 amide bonds. The highest BCUT2D eigenvalue weighted by molar-refractivity contribution is 6.35. The largest absolute Gasteiger partial charge is 0.354 e. The van der Waals surface area contributed by atoms with Crippen molar-refractivity contribution in [2.75, 3.05) is 10.6 Å². The maximum absolute atomic E-state index is 12.5. The number of nitrogens with one attached hydrogen (secondary N) is 2. The van der Waals surface area contributed by atoms with Gasteiger partial charge in [0.25, 0.3) is 5.91 Å². The van der Waals surface area contributed by atoms with Gasteiger partial charge in [-0.15, -0.1) is 0 Å². The number of anilines is 3. The van der Waals surface area contributed by atoms with Crippen LogP contribution < -0.4 is 10.6 Å². The molecule has 4 nitrogen and oxygen atoms in total. The second-order valence-electron chi connectivity index (χ2n) is 5.54. The quantitative estimate of drug-likeness (QED) is 0.618. The summed E-state index contributed by atoms with van der Waals surface area (Å²) in [5.41, 5.74) is 3.65. The van der Waals surface area contributed by atoms with Gasteiger partial charge in [-0.2, -0.15) is 0 Å². The van der Waals surface area contributed by atoms with Gasteiger partial charge in [0.15, 0.2) is 0 Å². The molecular weight excluding hydrogens is 357 g/mol. The lowest BCUT2D eigenvalue weighted by Gasteiger charge is -2.10. The number of rotatable bonds is 4. The van der Waals surface area contributed by atoms with Crippen molar-refractivity contribution in [1.29, 1.82) is 0 Å². The highest BCUT2D eigenvalue weighted by Gasteiger charge is 2.10. The third kappa shape index (κ3) is 4.50. The number of benzene rings is 2. The maximum Gasteiger partial charge on any atom is 0.257 e. The van der Waals surface area contributed by atoms with Gasteiger partial charge in [0.05, 0.1) is 28.2 Å².